The highest BCUT2D eigenvalue weighted by Gasteiger charge is 2.42. The predicted molar refractivity (Wildman–Crippen MR) is 129 cm³/mol. The lowest BCUT2D eigenvalue weighted by molar-refractivity contribution is -0.147. The van der Waals surface area contributed by atoms with Gasteiger partial charge in [-0.3, -0.25) is 9.79 Å². The van der Waals surface area contributed by atoms with E-state index in [9.17, 15) is 14.0 Å². The highest BCUT2D eigenvalue weighted by molar-refractivity contribution is 7.11. The normalized spacial score (nSPS) is 22.2. The van der Waals surface area contributed by atoms with Gasteiger partial charge in [-0.2, -0.15) is 0 Å². The summed E-state index contributed by atoms with van der Waals surface area (Å²) in [4.78, 5) is 34.7. The smallest absolute Gasteiger partial charge is 0.338 e. The minimum atomic E-state index is -0.881. The zero-order valence-corrected chi connectivity index (χ0v) is 20.7. The fourth-order valence-corrected chi connectivity index (χ4v) is 5.05. The average Bonchev–Trinajstić information content (AvgIpc) is 3.37. The van der Waals surface area contributed by atoms with E-state index in [-0.39, 0.29) is 34.9 Å². The van der Waals surface area contributed by atoms with Crippen LogP contribution in [0.5, 0.6) is 0 Å². The van der Waals surface area contributed by atoms with E-state index in [2.05, 4.69) is 15.6 Å². The maximum absolute atomic E-state index is 13.8. The highest BCUT2D eigenvalue weighted by atomic mass is 35.5. The molecule has 2 aromatic rings. The van der Waals surface area contributed by atoms with Crippen LogP contribution >= 0.6 is 35.3 Å². The summed E-state index contributed by atoms with van der Waals surface area (Å²) in [5, 5.41) is 8.99. The fraction of sp³-hybridized carbons (Fsp3) is 0.364. The number of benzene rings is 1. The number of amidine groups is 1. The van der Waals surface area contributed by atoms with Crippen molar-refractivity contribution in [3.8, 4) is 0 Å². The lowest BCUT2D eigenvalue weighted by Gasteiger charge is -2.36. The molecule has 3 heterocycles. The standard InChI is InChI=1S/C22H22ClFN4O4S.ClH/c1-31-21(29)14-10-25-6-5-12(14)17-16(22(30)32-2)18(13-4-3-11(24)9-15(13)23)28-19(27-17)20-26-7-8-33-20;/h3-4,7-9,12,14,18,25H,5-6,10H2,1-2H3,(H,27,28);1H/t12-,14+,18?;/m0./s1. The Bertz CT molecular complexity index is 1130. The largest absolute Gasteiger partial charge is 0.469 e. The molecular formula is C22H23Cl2FN4O4S. The van der Waals surface area contributed by atoms with Gasteiger partial charge in [-0.1, -0.05) is 17.7 Å². The topological polar surface area (TPSA) is 102 Å². The summed E-state index contributed by atoms with van der Waals surface area (Å²) in [6, 6.07) is 3.05. The number of methoxy groups -OCH3 is 2. The van der Waals surface area contributed by atoms with Crippen molar-refractivity contribution < 1.29 is 23.5 Å². The molecule has 1 fully saturated rings. The van der Waals surface area contributed by atoms with Crippen molar-refractivity contribution in [1.29, 1.82) is 0 Å². The van der Waals surface area contributed by atoms with Crippen molar-refractivity contribution in [1.82, 2.24) is 15.6 Å². The number of ether oxygens (including phenoxy) is 2. The number of thiazole rings is 1. The van der Waals surface area contributed by atoms with Crippen LogP contribution in [-0.4, -0.2) is 50.1 Å². The lowest BCUT2D eigenvalue weighted by atomic mass is 9.79. The summed E-state index contributed by atoms with van der Waals surface area (Å²) >= 11 is 7.75. The third kappa shape index (κ3) is 5.10. The Morgan fingerprint density at radius 3 is 2.71 bits per heavy atom. The number of carbonyl (C=O) groups excluding carboxylic acids is 2. The van der Waals surface area contributed by atoms with Crippen LogP contribution in [0.15, 0.2) is 46.0 Å². The maximum Gasteiger partial charge on any atom is 0.338 e. The van der Waals surface area contributed by atoms with Crippen LogP contribution < -0.4 is 10.6 Å². The Labute approximate surface area is 211 Å². The van der Waals surface area contributed by atoms with Gasteiger partial charge in [0.2, 0.25) is 0 Å². The number of piperidine rings is 1. The monoisotopic (exact) mass is 528 g/mol. The molecule has 0 saturated carbocycles. The molecule has 2 aliphatic rings. The Kier molecular flexibility index (Phi) is 8.64. The predicted octanol–water partition coefficient (Wildman–Crippen LogP) is 3.27. The average molecular weight is 529 g/mol. The molecule has 0 spiro atoms. The summed E-state index contributed by atoms with van der Waals surface area (Å²) in [7, 11) is 2.61. The van der Waals surface area contributed by atoms with Gasteiger partial charge >= 0.3 is 11.9 Å². The number of nitrogens with zero attached hydrogens (tertiary/aromatic N) is 2. The molecule has 3 atom stereocenters. The van der Waals surface area contributed by atoms with E-state index in [1.54, 1.807) is 11.6 Å². The Hall–Kier alpha value is -2.53. The van der Waals surface area contributed by atoms with Gasteiger partial charge in [-0.05, 0) is 25.1 Å². The van der Waals surface area contributed by atoms with Gasteiger partial charge in [0, 0.05) is 40.3 Å². The van der Waals surface area contributed by atoms with Crippen molar-refractivity contribution in [3.63, 3.8) is 0 Å². The van der Waals surface area contributed by atoms with Gasteiger partial charge in [-0.15, -0.1) is 23.7 Å². The van der Waals surface area contributed by atoms with Crippen LogP contribution in [-0.2, 0) is 19.1 Å². The molecule has 1 aromatic heterocycles. The molecule has 0 radical (unpaired) electrons. The summed E-state index contributed by atoms with van der Waals surface area (Å²) in [6.45, 7) is 1.03. The minimum absolute atomic E-state index is 0. The quantitative estimate of drug-likeness (QED) is 0.574. The van der Waals surface area contributed by atoms with Gasteiger partial charge < -0.3 is 20.1 Å². The van der Waals surface area contributed by atoms with Crippen molar-refractivity contribution >= 4 is 53.1 Å². The maximum atomic E-state index is 13.8. The van der Waals surface area contributed by atoms with E-state index in [0.717, 1.165) is 0 Å². The van der Waals surface area contributed by atoms with Gasteiger partial charge in [0.1, 0.15) is 11.9 Å². The minimum Gasteiger partial charge on any atom is -0.469 e. The summed E-state index contributed by atoms with van der Waals surface area (Å²) in [5.74, 6) is -1.99. The van der Waals surface area contributed by atoms with Gasteiger partial charge in [0.05, 0.1) is 25.7 Å². The first-order chi connectivity index (χ1) is 15.9. The van der Waals surface area contributed by atoms with Crippen molar-refractivity contribution in [2.45, 2.75) is 12.5 Å². The molecule has 2 N–H and O–H groups in total. The number of hydrogen-bond donors (Lipinski definition) is 2. The number of halogens is 3. The van der Waals surface area contributed by atoms with E-state index in [4.69, 9.17) is 26.1 Å². The number of esters is 2. The molecule has 0 aliphatic carbocycles. The van der Waals surface area contributed by atoms with Gasteiger partial charge in [-0.25, -0.2) is 14.2 Å². The Morgan fingerprint density at radius 2 is 2.06 bits per heavy atom. The van der Waals surface area contributed by atoms with Crippen molar-refractivity contribution in [3.05, 3.63) is 62.5 Å². The van der Waals surface area contributed by atoms with Crippen LogP contribution in [0.1, 0.15) is 23.0 Å². The summed E-state index contributed by atoms with van der Waals surface area (Å²) < 4.78 is 23.9. The van der Waals surface area contributed by atoms with E-state index in [1.165, 1.54) is 43.8 Å². The first-order valence-corrected chi connectivity index (χ1v) is 11.5. The summed E-state index contributed by atoms with van der Waals surface area (Å²) in [5.41, 5.74) is 1.16. The van der Waals surface area contributed by atoms with E-state index >= 15 is 0 Å². The SMILES string of the molecule is COC(=O)C1=C([C@H]2CCNC[C@H]2C(=O)OC)NC(c2nccs2)=NC1c1ccc(F)cc1Cl.Cl. The molecule has 4 rings (SSSR count). The molecule has 1 aromatic carbocycles. The number of rotatable bonds is 5. The third-order valence-corrected chi connectivity index (χ3v) is 6.84. The zero-order valence-electron chi connectivity index (χ0n) is 18.3. The molecule has 0 amide bonds. The van der Waals surface area contributed by atoms with Gasteiger partial charge in [0.15, 0.2) is 10.8 Å². The van der Waals surface area contributed by atoms with Crippen molar-refractivity contribution in [2.75, 3.05) is 27.3 Å². The first kappa shape index (κ1) is 26.1. The second-order valence-electron chi connectivity index (χ2n) is 7.56. The van der Waals surface area contributed by atoms with Crippen LogP contribution in [0.25, 0.3) is 0 Å². The highest BCUT2D eigenvalue weighted by Crippen LogP contribution is 2.40. The number of allylic oxidation sites excluding steroid dienone is 1. The molecule has 1 saturated heterocycles. The van der Waals surface area contributed by atoms with E-state index in [1.807, 2.05) is 0 Å². The van der Waals surface area contributed by atoms with E-state index in [0.29, 0.717) is 41.6 Å². The fourth-order valence-electron chi connectivity index (χ4n) is 4.19. The van der Waals surface area contributed by atoms with Crippen LogP contribution in [0.3, 0.4) is 0 Å². The number of nitrogens with one attached hydrogen (secondary N) is 2. The molecule has 0 bridgehead atoms. The molecule has 8 nitrogen and oxygen atoms in total. The molecule has 1 unspecified atom stereocenters. The molecule has 34 heavy (non-hydrogen) atoms. The van der Waals surface area contributed by atoms with Crippen LogP contribution in [0.4, 0.5) is 4.39 Å². The third-order valence-electron chi connectivity index (χ3n) is 5.73. The Balaban J connectivity index is 0.00000324. The van der Waals surface area contributed by atoms with E-state index < -0.39 is 23.7 Å². The summed E-state index contributed by atoms with van der Waals surface area (Å²) in [6.07, 6.45) is 2.21. The second kappa shape index (κ2) is 11.3. The number of hydrogen-bond acceptors (Lipinski definition) is 9. The molecule has 182 valence electrons. The Morgan fingerprint density at radius 1 is 1.26 bits per heavy atom. The first-order valence-electron chi connectivity index (χ1n) is 10.2. The second-order valence-corrected chi connectivity index (χ2v) is 8.86. The number of aromatic nitrogens is 1. The zero-order chi connectivity index (χ0) is 23.5. The number of aliphatic imine (C=N–C) groups is 1. The lowest BCUT2D eigenvalue weighted by Crippen LogP contribution is -2.47. The number of carbonyl (C=O) groups is 2. The molecule has 12 heteroatoms. The van der Waals surface area contributed by atoms with Crippen LogP contribution in [0, 0.1) is 17.7 Å². The van der Waals surface area contributed by atoms with Gasteiger partial charge in [0.25, 0.3) is 0 Å². The van der Waals surface area contributed by atoms with Crippen LogP contribution in [0.2, 0.25) is 5.02 Å². The molecule has 2 aliphatic heterocycles. The van der Waals surface area contributed by atoms with Crippen molar-refractivity contribution in [2.24, 2.45) is 16.8 Å². The molecular weight excluding hydrogens is 506 g/mol.